The van der Waals surface area contributed by atoms with Crippen molar-refractivity contribution in [2.45, 2.75) is 25.2 Å². The van der Waals surface area contributed by atoms with Crippen molar-refractivity contribution in [1.82, 2.24) is 10.2 Å². The van der Waals surface area contributed by atoms with Crippen LogP contribution in [0.5, 0.6) is 5.75 Å². The van der Waals surface area contributed by atoms with Crippen LogP contribution in [0.15, 0.2) is 50.9 Å². The quantitative estimate of drug-likeness (QED) is 0.292. The molecule has 0 unspecified atom stereocenters. The minimum absolute atomic E-state index is 0.0297. The summed E-state index contributed by atoms with van der Waals surface area (Å²) in [5, 5.41) is 18.8. The van der Waals surface area contributed by atoms with Crippen molar-refractivity contribution < 1.29 is 19.1 Å². The molecule has 2 aromatic carbocycles. The highest BCUT2D eigenvalue weighted by atomic mass is 35.5. The number of halogens is 3. The fraction of sp³-hybridized carbons (Fsp3) is 0.150. The van der Waals surface area contributed by atoms with Gasteiger partial charge in [0.15, 0.2) is 0 Å². The Morgan fingerprint density at radius 2 is 1.90 bits per heavy atom. The number of aliphatic carboxylic acids is 1. The van der Waals surface area contributed by atoms with Gasteiger partial charge < -0.3 is 14.3 Å². The number of carboxylic acid groups (broad SMARTS) is 1. The average Bonchev–Trinajstić information content (AvgIpc) is 3.15. The molecule has 0 aliphatic heterocycles. The van der Waals surface area contributed by atoms with Gasteiger partial charge in [0, 0.05) is 32.6 Å². The van der Waals surface area contributed by atoms with Gasteiger partial charge in [-0.05, 0) is 48.2 Å². The average molecular weight is 486 g/mol. The first-order chi connectivity index (χ1) is 14.4. The van der Waals surface area contributed by atoms with Crippen LogP contribution in [0.25, 0.3) is 6.08 Å². The molecule has 0 aliphatic carbocycles. The van der Waals surface area contributed by atoms with Gasteiger partial charge in [-0.25, -0.2) is 4.79 Å². The van der Waals surface area contributed by atoms with E-state index < -0.39 is 5.97 Å². The summed E-state index contributed by atoms with van der Waals surface area (Å²) in [6, 6.07) is 10.0. The van der Waals surface area contributed by atoms with Gasteiger partial charge in [0.25, 0.3) is 5.22 Å². The number of benzene rings is 2. The first kappa shape index (κ1) is 22.5. The van der Waals surface area contributed by atoms with Crippen molar-refractivity contribution >= 4 is 58.6 Å². The van der Waals surface area contributed by atoms with E-state index in [1.165, 1.54) is 6.08 Å². The highest BCUT2D eigenvalue weighted by Crippen LogP contribution is 2.32. The molecule has 1 N–H and O–H groups in total. The summed E-state index contributed by atoms with van der Waals surface area (Å²) in [5.74, 6) is -0.290. The number of carbonyl (C=O) groups is 1. The van der Waals surface area contributed by atoms with Gasteiger partial charge >= 0.3 is 5.97 Å². The van der Waals surface area contributed by atoms with Crippen LogP contribution < -0.4 is 4.74 Å². The SMILES string of the molecule is CCc1nnc(S/C(=C\c2cc(Cl)ccc2OCc2ccc(Cl)cc2Cl)C(=O)O)o1. The largest absolute Gasteiger partial charge is 0.488 e. The fourth-order valence-corrected chi connectivity index (χ4v) is 3.67. The lowest BCUT2D eigenvalue weighted by molar-refractivity contribution is -0.131. The van der Waals surface area contributed by atoms with E-state index in [0.29, 0.717) is 38.7 Å². The molecule has 1 aromatic heterocycles. The van der Waals surface area contributed by atoms with E-state index in [-0.39, 0.29) is 16.7 Å². The Bertz CT molecular complexity index is 1100. The molecule has 6 nitrogen and oxygen atoms in total. The van der Waals surface area contributed by atoms with Crippen LogP contribution in [0, 0.1) is 0 Å². The minimum atomic E-state index is -1.15. The molecule has 0 saturated heterocycles. The molecule has 0 spiro atoms. The van der Waals surface area contributed by atoms with Crippen LogP contribution >= 0.6 is 46.6 Å². The molecule has 0 saturated carbocycles. The van der Waals surface area contributed by atoms with Crippen molar-refractivity contribution in [2.75, 3.05) is 0 Å². The molecule has 0 amide bonds. The van der Waals surface area contributed by atoms with E-state index in [9.17, 15) is 9.90 Å². The van der Waals surface area contributed by atoms with Crippen LogP contribution in [0.1, 0.15) is 23.9 Å². The monoisotopic (exact) mass is 484 g/mol. The third-order valence-electron chi connectivity index (χ3n) is 3.82. The number of hydrogen-bond acceptors (Lipinski definition) is 6. The first-order valence-corrected chi connectivity index (χ1v) is 10.6. The van der Waals surface area contributed by atoms with Crippen LogP contribution in [0.4, 0.5) is 0 Å². The third kappa shape index (κ3) is 5.92. The van der Waals surface area contributed by atoms with E-state index in [0.717, 1.165) is 17.3 Å². The van der Waals surface area contributed by atoms with E-state index in [1.807, 2.05) is 6.92 Å². The number of aromatic nitrogens is 2. The van der Waals surface area contributed by atoms with Crippen molar-refractivity contribution in [3.8, 4) is 5.75 Å². The summed E-state index contributed by atoms with van der Waals surface area (Å²) in [6.45, 7) is 2.02. The van der Waals surface area contributed by atoms with Crippen LogP contribution in [0.2, 0.25) is 15.1 Å². The summed E-state index contributed by atoms with van der Waals surface area (Å²) in [5.41, 5.74) is 1.21. The second-order valence-electron chi connectivity index (χ2n) is 5.94. The van der Waals surface area contributed by atoms with Crippen molar-refractivity contribution in [3.05, 3.63) is 73.4 Å². The predicted octanol–water partition coefficient (Wildman–Crippen LogP) is 6.39. The molecular weight excluding hydrogens is 471 g/mol. The summed E-state index contributed by atoms with van der Waals surface area (Å²) in [7, 11) is 0. The van der Waals surface area contributed by atoms with Gasteiger partial charge in [-0.2, -0.15) is 0 Å². The van der Waals surface area contributed by atoms with Crippen molar-refractivity contribution in [3.63, 3.8) is 0 Å². The number of nitrogens with zero attached hydrogens (tertiary/aromatic N) is 2. The summed E-state index contributed by atoms with van der Waals surface area (Å²) >= 11 is 19.1. The maximum absolute atomic E-state index is 11.8. The van der Waals surface area contributed by atoms with E-state index >= 15 is 0 Å². The number of aryl methyl sites for hydroxylation is 1. The lowest BCUT2D eigenvalue weighted by atomic mass is 10.2. The molecule has 1 heterocycles. The lowest BCUT2D eigenvalue weighted by Gasteiger charge is -2.12. The molecule has 30 heavy (non-hydrogen) atoms. The number of thioether (sulfide) groups is 1. The zero-order chi connectivity index (χ0) is 21.7. The van der Waals surface area contributed by atoms with Gasteiger partial charge in [0.1, 0.15) is 17.3 Å². The zero-order valence-corrected chi connectivity index (χ0v) is 18.6. The van der Waals surface area contributed by atoms with Crippen LogP contribution in [-0.2, 0) is 17.8 Å². The number of rotatable bonds is 8. The molecule has 10 heteroatoms. The summed E-state index contributed by atoms with van der Waals surface area (Å²) in [4.78, 5) is 11.7. The zero-order valence-electron chi connectivity index (χ0n) is 15.6. The smallest absolute Gasteiger partial charge is 0.342 e. The minimum Gasteiger partial charge on any atom is -0.488 e. The van der Waals surface area contributed by atoms with E-state index in [2.05, 4.69) is 10.2 Å². The Morgan fingerprint density at radius 1 is 1.17 bits per heavy atom. The maximum Gasteiger partial charge on any atom is 0.342 e. The fourth-order valence-electron chi connectivity index (χ4n) is 2.35. The highest BCUT2D eigenvalue weighted by Gasteiger charge is 2.16. The standard InChI is InChI=1S/C20H15Cl3N2O4S/c1-2-18-24-25-20(29-18)30-17(19(26)27)8-12-7-13(21)5-6-16(12)28-10-11-3-4-14(22)9-15(11)23/h3-9H,2,10H2,1H3,(H,26,27)/b17-8-. The molecule has 0 bridgehead atoms. The molecule has 3 aromatic rings. The maximum atomic E-state index is 11.8. The topological polar surface area (TPSA) is 85.5 Å². The molecule has 0 fully saturated rings. The molecule has 0 radical (unpaired) electrons. The van der Waals surface area contributed by atoms with Gasteiger partial charge in [0.2, 0.25) is 5.89 Å². The molecule has 0 aliphatic rings. The summed E-state index contributed by atoms with van der Waals surface area (Å²) in [6.07, 6.45) is 1.99. The molecular formula is C20H15Cl3N2O4S. The highest BCUT2D eigenvalue weighted by molar-refractivity contribution is 8.03. The van der Waals surface area contributed by atoms with Gasteiger partial charge in [-0.15, -0.1) is 10.2 Å². The summed E-state index contributed by atoms with van der Waals surface area (Å²) < 4.78 is 11.3. The predicted molar refractivity (Wildman–Crippen MR) is 117 cm³/mol. The third-order valence-corrected chi connectivity index (χ3v) is 5.49. The van der Waals surface area contributed by atoms with Crippen molar-refractivity contribution in [2.24, 2.45) is 0 Å². The number of hydrogen-bond donors (Lipinski definition) is 1. The van der Waals surface area contributed by atoms with Crippen molar-refractivity contribution in [1.29, 1.82) is 0 Å². The van der Waals surface area contributed by atoms with E-state index in [1.54, 1.807) is 36.4 Å². The second-order valence-corrected chi connectivity index (χ2v) is 8.21. The molecule has 0 atom stereocenters. The van der Waals surface area contributed by atoms with Gasteiger partial charge in [-0.3, -0.25) is 0 Å². The molecule has 156 valence electrons. The Labute approximate surface area is 191 Å². The second kappa shape index (κ2) is 10.2. The Kier molecular flexibility index (Phi) is 7.66. The van der Waals surface area contributed by atoms with Gasteiger partial charge in [0.05, 0.1) is 0 Å². The van der Waals surface area contributed by atoms with Crippen LogP contribution in [-0.4, -0.2) is 21.3 Å². The normalized spacial score (nSPS) is 11.5. The van der Waals surface area contributed by atoms with E-state index in [4.69, 9.17) is 44.0 Å². The number of carboxylic acids is 1. The Morgan fingerprint density at radius 3 is 2.57 bits per heavy atom. The van der Waals surface area contributed by atoms with Crippen LogP contribution in [0.3, 0.4) is 0 Å². The first-order valence-electron chi connectivity index (χ1n) is 8.67. The number of ether oxygens (including phenoxy) is 1. The Balaban J connectivity index is 1.87. The Hall–Kier alpha value is -2.19. The lowest BCUT2D eigenvalue weighted by Crippen LogP contribution is -2.00. The van der Waals surface area contributed by atoms with Gasteiger partial charge in [-0.1, -0.05) is 47.8 Å². The molecule has 3 rings (SSSR count).